The molecule has 1 aliphatic heterocycles. The molecule has 16 heavy (non-hydrogen) atoms. The van der Waals surface area contributed by atoms with Crippen LogP contribution in [0.25, 0.3) is 0 Å². The molecule has 0 radical (unpaired) electrons. The fourth-order valence-electron chi connectivity index (χ4n) is 1.88. The summed E-state index contributed by atoms with van der Waals surface area (Å²) in [5.74, 6) is 0.200. The van der Waals surface area contributed by atoms with Gasteiger partial charge in [-0.3, -0.25) is 4.79 Å². The van der Waals surface area contributed by atoms with E-state index in [4.69, 9.17) is 0 Å². The highest BCUT2D eigenvalue weighted by atomic mass is 32.1. The maximum atomic E-state index is 12.3. The van der Waals surface area contributed by atoms with Crippen molar-refractivity contribution in [3.05, 3.63) is 21.9 Å². The minimum atomic E-state index is 0.200. The smallest absolute Gasteiger partial charge is 0.264 e. The quantitative estimate of drug-likeness (QED) is 0.868. The van der Waals surface area contributed by atoms with Crippen molar-refractivity contribution in [2.45, 2.75) is 26.3 Å². The van der Waals surface area contributed by atoms with Crippen molar-refractivity contribution >= 4 is 17.2 Å². The van der Waals surface area contributed by atoms with Crippen LogP contribution < -0.4 is 5.32 Å². The van der Waals surface area contributed by atoms with Crippen molar-refractivity contribution < 1.29 is 4.79 Å². The minimum Gasteiger partial charge on any atom is -0.332 e. The van der Waals surface area contributed by atoms with Crippen LogP contribution in [0.2, 0.25) is 0 Å². The summed E-state index contributed by atoms with van der Waals surface area (Å²) in [6, 6.07) is 4.35. The van der Waals surface area contributed by atoms with Crippen molar-refractivity contribution in [3.63, 3.8) is 0 Å². The summed E-state index contributed by atoms with van der Waals surface area (Å²) in [5, 5.41) is 3.22. The van der Waals surface area contributed by atoms with E-state index in [2.05, 4.69) is 12.2 Å². The van der Waals surface area contributed by atoms with Gasteiger partial charge in [0.15, 0.2) is 0 Å². The van der Waals surface area contributed by atoms with Gasteiger partial charge in [0.25, 0.3) is 5.91 Å². The zero-order valence-corrected chi connectivity index (χ0v) is 10.6. The van der Waals surface area contributed by atoms with Gasteiger partial charge in [-0.1, -0.05) is 6.92 Å². The molecule has 2 heterocycles. The molecular weight excluding hydrogens is 220 g/mol. The van der Waals surface area contributed by atoms with Crippen molar-refractivity contribution in [1.29, 1.82) is 0 Å². The first-order valence-electron chi connectivity index (χ1n) is 5.80. The first-order chi connectivity index (χ1) is 7.72. The summed E-state index contributed by atoms with van der Waals surface area (Å²) in [6.45, 7) is 6.90. The zero-order chi connectivity index (χ0) is 11.5. The number of thiophene rings is 1. The molecule has 88 valence electrons. The molecular formula is C12H18N2OS. The lowest BCUT2D eigenvalue weighted by molar-refractivity contribution is 0.0621. The Bertz CT molecular complexity index is 371. The van der Waals surface area contributed by atoms with Gasteiger partial charge >= 0.3 is 0 Å². The molecule has 1 aromatic rings. The number of carbonyl (C=O) groups excluding carboxylic acids is 1. The molecule has 4 heteroatoms. The number of carbonyl (C=O) groups is 1. The van der Waals surface area contributed by atoms with Crippen molar-refractivity contribution in [2.75, 3.05) is 19.6 Å². The largest absolute Gasteiger partial charge is 0.332 e. The number of nitrogens with zero attached hydrogens (tertiary/aromatic N) is 1. The Kier molecular flexibility index (Phi) is 3.61. The third-order valence-electron chi connectivity index (χ3n) is 2.88. The Hall–Kier alpha value is -0.870. The second-order valence-electron chi connectivity index (χ2n) is 4.22. The maximum absolute atomic E-state index is 12.3. The summed E-state index contributed by atoms with van der Waals surface area (Å²) in [5.41, 5.74) is 0. The highest BCUT2D eigenvalue weighted by molar-refractivity contribution is 7.13. The van der Waals surface area contributed by atoms with Crippen LogP contribution in [-0.2, 0) is 0 Å². The van der Waals surface area contributed by atoms with Crippen LogP contribution in [0.3, 0.4) is 0 Å². The third kappa shape index (κ3) is 2.28. The van der Waals surface area contributed by atoms with Gasteiger partial charge in [0.05, 0.1) is 10.9 Å². The van der Waals surface area contributed by atoms with Gasteiger partial charge in [0.2, 0.25) is 0 Å². The Morgan fingerprint density at radius 3 is 2.75 bits per heavy atom. The lowest BCUT2D eigenvalue weighted by Gasteiger charge is -2.38. The van der Waals surface area contributed by atoms with Crippen LogP contribution in [0.5, 0.6) is 0 Å². The second kappa shape index (κ2) is 4.97. The molecule has 0 aliphatic carbocycles. The number of amides is 1. The van der Waals surface area contributed by atoms with E-state index in [1.54, 1.807) is 11.3 Å². The van der Waals surface area contributed by atoms with Gasteiger partial charge in [-0.05, 0) is 25.5 Å². The van der Waals surface area contributed by atoms with Crippen molar-refractivity contribution in [1.82, 2.24) is 10.2 Å². The number of aryl methyl sites for hydroxylation is 1. The fraction of sp³-hybridized carbons (Fsp3) is 0.583. The van der Waals surface area contributed by atoms with Crippen LogP contribution in [0.4, 0.5) is 0 Å². The summed E-state index contributed by atoms with van der Waals surface area (Å²) in [7, 11) is 0. The fourth-order valence-corrected chi connectivity index (χ4v) is 2.70. The van der Waals surface area contributed by atoms with Gasteiger partial charge in [-0.15, -0.1) is 11.3 Å². The van der Waals surface area contributed by atoms with Crippen LogP contribution in [0.15, 0.2) is 12.1 Å². The first kappa shape index (κ1) is 11.6. The number of hydrogen-bond acceptors (Lipinski definition) is 3. The summed E-state index contributed by atoms with van der Waals surface area (Å²) < 4.78 is 0. The van der Waals surface area contributed by atoms with Crippen molar-refractivity contribution in [2.24, 2.45) is 0 Å². The molecule has 0 bridgehead atoms. The standard InChI is InChI=1S/C12H18N2OS/c1-3-6-14(10-7-13-8-10)12(15)11-5-4-9(2)16-11/h4-5,10,13H,3,6-8H2,1-2H3. The van der Waals surface area contributed by atoms with Gasteiger partial charge in [-0.25, -0.2) is 0 Å². The van der Waals surface area contributed by atoms with Gasteiger partial charge < -0.3 is 10.2 Å². The molecule has 3 nitrogen and oxygen atoms in total. The predicted octanol–water partition coefficient (Wildman–Crippen LogP) is 1.88. The molecule has 0 unspecified atom stereocenters. The topological polar surface area (TPSA) is 32.3 Å². The summed E-state index contributed by atoms with van der Waals surface area (Å²) in [6.07, 6.45) is 1.02. The SMILES string of the molecule is CCCN(C(=O)c1ccc(C)s1)C1CNC1. The van der Waals surface area contributed by atoms with E-state index < -0.39 is 0 Å². The molecule has 0 atom stereocenters. The van der Waals surface area contributed by atoms with Gasteiger partial charge in [0, 0.05) is 24.5 Å². The van der Waals surface area contributed by atoms with E-state index in [9.17, 15) is 4.79 Å². The molecule has 2 rings (SSSR count). The monoisotopic (exact) mass is 238 g/mol. The highest BCUT2D eigenvalue weighted by Crippen LogP contribution is 2.19. The van der Waals surface area contributed by atoms with Crippen LogP contribution in [0, 0.1) is 6.92 Å². The molecule has 1 saturated heterocycles. The maximum Gasteiger partial charge on any atom is 0.264 e. The van der Waals surface area contributed by atoms with Crippen molar-refractivity contribution in [3.8, 4) is 0 Å². The average Bonchev–Trinajstić information content (AvgIpc) is 2.60. The van der Waals surface area contributed by atoms with E-state index in [0.717, 1.165) is 30.9 Å². The number of nitrogens with one attached hydrogen (secondary N) is 1. The van der Waals surface area contributed by atoms with Crippen LogP contribution in [0.1, 0.15) is 27.9 Å². The molecule has 1 N–H and O–H groups in total. The summed E-state index contributed by atoms with van der Waals surface area (Å²) in [4.78, 5) is 16.4. The Morgan fingerprint density at radius 2 is 2.31 bits per heavy atom. The van der Waals surface area contributed by atoms with Gasteiger partial charge in [-0.2, -0.15) is 0 Å². The summed E-state index contributed by atoms with van der Waals surface area (Å²) >= 11 is 1.59. The minimum absolute atomic E-state index is 0.200. The van der Waals surface area contributed by atoms with Gasteiger partial charge in [0.1, 0.15) is 0 Å². The Balaban J connectivity index is 2.09. The van der Waals surface area contributed by atoms with E-state index in [0.29, 0.717) is 6.04 Å². The Labute approximate surface area is 100 Å². The zero-order valence-electron chi connectivity index (χ0n) is 9.82. The Morgan fingerprint density at radius 1 is 1.56 bits per heavy atom. The van der Waals surface area contributed by atoms with Crippen LogP contribution >= 0.6 is 11.3 Å². The lowest BCUT2D eigenvalue weighted by Crippen LogP contribution is -2.58. The number of rotatable bonds is 4. The average molecular weight is 238 g/mol. The van der Waals surface area contributed by atoms with Crippen LogP contribution in [-0.4, -0.2) is 36.5 Å². The van der Waals surface area contributed by atoms with E-state index in [-0.39, 0.29) is 5.91 Å². The van der Waals surface area contributed by atoms with E-state index in [1.807, 2.05) is 24.0 Å². The predicted molar refractivity (Wildman–Crippen MR) is 67.0 cm³/mol. The second-order valence-corrected chi connectivity index (χ2v) is 5.51. The normalized spacial score (nSPS) is 15.9. The van der Waals surface area contributed by atoms with E-state index in [1.165, 1.54) is 4.88 Å². The molecule has 0 aromatic carbocycles. The molecule has 1 aliphatic rings. The number of hydrogen-bond donors (Lipinski definition) is 1. The first-order valence-corrected chi connectivity index (χ1v) is 6.62. The molecule has 0 spiro atoms. The van der Waals surface area contributed by atoms with E-state index >= 15 is 0 Å². The molecule has 0 saturated carbocycles. The lowest BCUT2D eigenvalue weighted by atomic mass is 10.1. The molecule has 1 fully saturated rings. The third-order valence-corrected chi connectivity index (χ3v) is 3.87. The molecule has 1 amide bonds. The molecule has 1 aromatic heterocycles. The highest BCUT2D eigenvalue weighted by Gasteiger charge is 2.28.